The molecule has 0 aliphatic carbocycles. The lowest BCUT2D eigenvalue weighted by atomic mass is 10.2. The molecule has 3 rings (SSSR count). The Morgan fingerprint density at radius 1 is 0.926 bits per heavy atom. The first-order chi connectivity index (χ1) is 13.2. The number of hydrogen-bond donors (Lipinski definition) is 1. The van der Waals surface area contributed by atoms with Crippen LogP contribution in [0.2, 0.25) is 5.02 Å². The number of benzene rings is 3. The van der Waals surface area contributed by atoms with Gasteiger partial charge in [-0.1, -0.05) is 57.9 Å². The minimum absolute atomic E-state index is 0.496. The van der Waals surface area contributed by atoms with Crippen molar-refractivity contribution >= 4 is 33.2 Å². The van der Waals surface area contributed by atoms with Crippen LogP contribution in [0.1, 0.15) is 18.1 Å². The zero-order valence-corrected chi connectivity index (χ0v) is 17.4. The van der Waals surface area contributed by atoms with Crippen molar-refractivity contribution in [2.45, 2.75) is 20.1 Å². The zero-order valence-electron chi connectivity index (χ0n) is 15.0. The highest BCUT2D eigenvalue weighted by Crippen LogP contribution is 2.35. The Bertz CT molecular complexity index is 869. The van der Waals surface area contributed by atoms with Gasteiger partial charge < -0.3 is 14.8 Å². The van der Waals surface area contributed by atoms with Gasteiger partial charge in [-0.3, -0.25) is 0 Å². The summed E-state index contributed by atoms with van der Waals surface area (Å²) in [6.45, 7) is 3.69. The summed E-state index contributed by atoms with van der Waals surface area (Å²) in [5, 5.41) is 4.11. The molecule has 0 atom stereocenters. The van der Waals surface area contributed by atoms with Gasteiger partial charge in [0.25, 0.3) is 0 Å². The Hall–Kier alpha value is -2.17. The van der Waals surface area contributed by atoms with Crippen LogP contribution in [0.25, 0.3) is 0 Å². The largest absolute Gasteiger partial charge is 0.490 e. The van der Waals surface area contributed by atoms with E-state index in [1.54, 1.807) is 0 Å². The summed E-state index contributed by atoms with van der Waals surface area (Å²) in [6, 6.07) is 21.7. The van der Waals surface area contributed by atoms with E-state index in [0.717, 1.165) is 37.8 Å². The van der Waals surface area contributed by atoms with E-state index in [1.165, 1.54) is 0 Å². The first-order valence-corrected chi connectivity index (χ1v) is 9.94. The van der Waals surface area contributed by atoms with Crippen LogP contribution in [-0.4, -0.2) is 6.61 Å². The Morgan fingerprint density at radius 2 is 1.63 bits per heavy atom. The summed E-state index contributed by atoms with van der Waals surface area (Å²) in [4.78, 5) is 0. The maximum Gasteiger partial charge on any atom is 0.162 e. The van der Waals surface area contributed by atoms with Gasteiger partial charge in [-0.2, -0.15) is 0 Å². The predicted octanol–water partition coefficient (Wildman–Crippen LogP) is 6.69. The Kier molecular flexibility index (Phi) is 7.02. The summed E-state index contributed by atoms with van der Waals surface area (Å²) in [7, 11) is 0. The van der Waals surface area contributed by atoms with Crippen molar-refractivity contribution in [3.8, 4) is 11.5 Å². The van der Waals surface area contributed by atoms with Gasteiger partial charge in [-0.25, -0.2) is 0 Å². The van der Waals surface area contributed by atoms with Gasteiger partial charge in [0.1, 0.15) is 6.61 Å². The monoisotopic (exact) mass is 445 g/mol. The predicted molar refractivity (Wildman–Crippen MR) is 115 cm³/mol. The fourth-order valence-corrected chi connectivity index (χ4v) is 3.18. The normalized spacial score (nSPS) is 10.5. The van der Waals surface area contributed by atoms with Crippen molar-refractivity contribution in [1.29, 1.82) is 0 Å². The first-order valence-electron chi connectivity index (χ1n) is 8.77. The molecular formula is C22H21BrClNO2. The summed E-state index contributed by atoms with van der Waals surface area (Å²) >= 11 is 9.58. The van der Waals surface area contributed by atoms with Crippen molar-refractivity contribution < 1.29 is 9.47 Å². The van der Waals surface area contributed by atoms with Crippen molar-refractivity contribution in [2.75, 3.05) is 11.9 Å². The Labute approximate surface area is 173 Å². The molecule has 27 heavy (non-hydrogen) atoms. The van der Waals surface area contributed by atoms with Gasteiger partial charge in [0, 0.05) is 21.7 Å². The molecule has 3 aromatic rings. The van der Waals surface area contributed by atoms with Crippen LogP contribution >= 0.6 is 27.5 Å². The summed E-state index contributed by atoms with van der Waals surface area (Å²) < 4.78 is 12.8. The second-order valence-electron chi connectivity index (χ2n) is 5.96. The first kappa shape index (κ1) is 19.6. The molecule has 1 N–H and O–H groups in total. The molecule has 0 spiro atoms. The summed E-state index contributed by atoms with van der Waals surface area (Å²) in [6.07, 6.45) is 0. The molecule has 140 valence electrons. The van der Waals surface area contributed by atoms with Crippen LogP contribution in [0.5, 0.6) is 11.5 Å². The lowest BCUT2D eigenvalue weighted by Crippen LogP contribution is -2.04. The van der Waals surface area contributed by atoms with Gasteiger partial charge in [0.2, 0.25) is 0 Å². The number of anilines is 1. The molecule has 0 saturated carbocycles. The van der Waals surface area contributed by atoms with E-state index in [1.807, 2.05) is 73.7 Å². The van der Waals surface area contributed by atoms with Gasteiger partial charge >= 0.3 is 0 Å². The van der Waals surface area contributed by atoms with Crippen LogP contribution in [0.4, 0.5) is 5.69 Å². The van der Waals surface area contributed by atoms with E-state index in [0.29, 0.717) is 19.8 Å². The topological polar surface area (TPSA) is 30.5 Å². The van der Waals surface area contributed by atoms with E-state index in [4.69, 9.17) is 21.1 Å². The molecule has 0 aromatic heterocycles. The standard InChI is InChI=1S/C22H21BrClNO2/c1-2-26-21-12-17(14-25-19-10-8-18(24)9-11-19)20(23)13-22(21)27-15-16-6-4-3-5-7-16/h3-13,25H,2,14-15H2,1H3. The third-order valence-corrected chi connectivity index (χ3v) is 4.97. The maximum atomic E-state index is 6.00. The molecule has 0 heterocycles. The van der Waals surface area contributed by atoms with E-state index in [9.17, 15) is 0 Å². The van der Waals surface area contributed by atoms with E-state index in [2.05, 4.69) is 21.2 Å². The minimum atomic E-state index is 0.496. The second kappa shape index (κ2) is 9.67. The lowest BCUT2D eigenvalue weighted by Gasteiger charge is -2.16. The highest BCUT2D eigenvalue weighted by molar-refractivity contribution is 9.10. The SMILES string of the molecule is CCOc1cc(CNc2ccc(Cl)cc2)c(Br)cc1OCc1ccccc1. The van der Waals surface area contributed by atoms with Crippen molar-refractivity contribution in [2.24, 2.45) is 0 Å². The second-order valence-corrected chi connectivity index (χ2v) is 7.25. The van der Waals surface area contributed by atoms with Crippen LogP contribution < -0.4 is 14.8 Å². The number of hydrogen-bond acceptors (Lipinski definition) is 3. The average Bonchev–Trinajstić information content (AvgIpc) is 2.69. The quantitative estimate of drug-likeness (QED) is 0.418. The number of ether oxygens (including phenoxy) is 2. The molecule has 0 amide bonds. The highest BCUT2D eigenvalue weighted by atomic mass is 79.9. The van der Waals surface area contributed by atoms with Crippen LogP contribution in [0, 0.1) is 0 Å². The van der Waals surface area contributed by atoms with Crippen molar-refractivity contribution in [1.82, 2.24) is 0 Å². The summed E-state index contributed by atoms with van der Waals surface area (Å²) in [5.41, 5.74) is 3.21. The third-order valence-electron chi connectivity index (χ3n) is 3.98. The fraction of sp³-hybridized carbons (Fsp3) is 0.182. The Morgan fingerprint density at radius 3 is 2.33 bits per heavy atom. The molecule has 3 aromatic carbocycles. The Balaban J connectivity index is 1.73. The van der Waals surface area contributed by atoms with Crippen molar-refractivity contribution in [3.63, 3.8) is 0 Å². The molecular weight excluding hydrogens is 426 g/mol. The van der Waals surface area contributed by atoms with Gasteiger partial charge in [-0.15, -0.1) is 0 Å². The molecule has 0 saturated heterocycles. The van der Waals surface area contributed by atoms with Crippen LogP contribution in [-0.2, 0) is 13.2 Å². The molecule has 0 aliphatic rings. The molecule has 3 nitrogen and oxygen atoms in total. The minimum Gasteiger partial charge on any atom is -0.490 e. The van der Waals surface area contributed by atoms with Gasteiger partial charge in [-0.05, 0) is 54.4 Å². The van der Waals surface area contributed by atoms with E-state index >= 15 is 0 Å². The lowest BCUT2D eigenvalue weighted by molar-refractivity contribution is 0.269. The maximum absolute atomic E-state index is 6.00. The van der Waals surface area contributed by atoms with Crippen molar-refractivity contribution in [3.05, 3.63) is 87.4 Å². The summed E-state index contributed by atoms with van der Waals surface area (Å²) in [5.74, 6) is 1.47. The van der Waals surface area contributed by atoms with E-state index in [-0.39, 0.29) is 0 Å². The van der Waals surface area contributed by atoms with Gasteiger partial charge in [0.15, 0.2) is 11.5 Å². The molecule has 0 aliphatic heterocycles. The molecule has 0 bridgehead atoms. The fourth-order valence-electron chi connectivity index (χ4n) is 2.59. The highest BCUT2D eigenvalue weighted by Gasteiger charge is 2.11. The number of halogens is 2. The average molecular weight is 447 g/mol. The van der Waals surface area contributed by atoms with E-state index < -0.39 is 0 Å². The molecule has 0 unspecified atom stereocenters. The van der Waals surface area contributed by atoms with Crippen LogP contribution in [0.3, 0.4) is 0 Å². The molecule has 0 fully saturated rings. The number of rotatable bonds is 8. The number of nitrogens with one attached hydrogen (secondary N) is 1. The van der Waals surface area contributed by atoms with Gasteiger partial charge in [0.05, 0.1) is 6.61 Å². The smallest absolute Gasteiger partial charge is 0.162 e. The zero-order chi connectivity index (χ0) is 19.1. The molecule has 5 heteroatoms. The third kappa shape index (κ3) is 5.65. The van der Waals surface area contributed by atoms with Crippen LogP contribution in [0.15, 0.2) is 71.2 Å². The molecule has 0 radical (unpaired) electrons.